The number of carboxylic acids is 1. The molecule has 0 bridgehead atoms. The summed E-state index contributed by atoms with van der Waals surface area (Å²) in [6.07, 6.45) is 5.81. The fourth-order valence-electron chi connectivity index (χ4n) is 7.43. The first kappa shape index (κ1) is 15.6. The number of aliphatic carboxylic acids is 1. The van der Waals surface area contributed by atoms with Crippen LogP contribution in [-0.2, 0) is 14.3 Å². The number of carbonyl (C=O) groups is 1. The molecule has 5 fully saturated rings. The Morgan fingerprint density at radius 1 is 1.21 bits per heavy atom. The van der Waals surface area contributed by atoms with Crippen LogP contribution in [-0.4, -0.2) is 35.0 Å². The third-order valence-corrected chi connectivity index (χ3v) is 8.74. The van der Waals surface area contributed by atoms with Crippen LogP contribution in [0, 0.1) is 34.5 Å². The van der Waals surface area contributed by atoms with Crippen molar-refractivity contribution in [2.75, 3.05) is 0 Å². The van der Waals surface area contributed by atoms with Crippen molar-refractivity contribution in [1.82, 2.24) is 0 Å². The van der Waals surface area contributed by atoms with Crippen molar-refractivity contribution < 1.29 is 19.4 Å². The molecule has 2 saturated heterocycles. The van der Waals surface area contributed by atoms with Crippen molar-refractivity contribution in [2.45, 2.75) is 83.7 Å². The molecule has 0 amide bonds. The molecule has 4 heteroatoms. The lowest BCUT2D eigenvalue weighted by atomic mass is 9.50. The average molecular weight is 334 g/mol. The fraction of sp³-hybridized carbons (Fsp3) is 0.950. The van der Waals surface area contributed by atoms with Crippen molar-refractivity contribution in [1.29, 1.82) is 0 Å². The lowest BCUT2D eigenvalue weighted by Gasteiger charge is -2.53. The Bertz CT molecular complexity index is 602. The summed E-state index contributed by atoms with van der Waals surface area (Å²) >= 11 is 0. The van der Waals surface area contributed by atoms with E-state index in [-0.39, 0.29) is 29.1 Å². The first-order chi connectivity index (χ1) is 11.2. The minimum atomic E-state index is -0.542. The molecule has 2 aliphatic heterocycles. The highest BCUT2D eigenvalue weighted by molar-refractivity contribution is 5.76. The van der Waals surface area contributed by atoms with Crippen LogP contribution < -0.4 is 0 Å². The SMILES string of the molecule is CC(C)C1CCC2C3C4OC4C4(C)OC4CC3(C)CCC12C(=O)O. The maximum atomic E-state index is 12.5. The Labute approximate surface area is 144 Å². The van der Waals surface area contributed by atoms with Crippen molar-refractivity contribution in [2.24, 2.45) is 34.5 Å². The van der Waals surface area contributed by atoms with E-state index in [2.05, 4.69) is 27.7 Å². The van der Waals surface area contributed by atoms with Crippen LogP contribution in [0.15, 0.2) is 0 Å². The van der Waals surface area contributed by atoms with Gasteiger partial charge in [0.25, 0.3) is 0 Å². The molecule has 0 radical (unpaired) electrons. The topological polar surface area (TPSA) is 62.4 Å². The summed E-state index contributed by atoms with van der Waals surface area (Å²) in [6, 6.07) is 0. The molecule has 4 nitrogen and oxygen atoms in total. The first-order valence-corrected chi connectivity index (χ1v) is 9.81. The van der Waals surface area contributed by atoms with Crippen LogP contribution in [0.4, 0.5) is 0 Å². The average Bonchev–Trinajstić information content (AvgIpc) is 3.35. The van der Waals surface area contributed by atoms with E-state index < -0.39 is 11.4 Å². The van der Waals surface area contributed by atoms with Gasteiger partial charge in [0.2, 0.25) is 0 Å². The van der Waals surface area contributed by atoms with Gasteiger partial charge in [-0.1, -0.05) is 20.8 Å². The maximum Gasteiger partial charge on any atom is 0.310 e. The number of rotatable bonds is 2. The van der Waals surface area contributed by atoms with Gasteiger partial charge in [-0.3, -0.25) is 4.79 Å². The minimum Gasteiger partial charge on any atom is -0.481 e. The van der Waals surface area contributed by atoms with Crippen LogP contribution in [0.2, 0.25) is 0 Å². The monoisotopic (exact) mass is 334 g/mol. The lowest BCUT2D eigenvalue weighted by Crippen LogP contribution is -2.54. The van der Waals surface area contributed by atoms with Crippen molar-refractivity contribution in [3.63, 3.8) is 0 Å². The molecule has 134 valence electrons. The quantitative estimate of drug-likeness (QED) is 0.785. The summed E-state index contributed by atoms with van der Waals surface area (Å²) in [5.41, 5.74) is -0.439. The lowest BCUT2D eigenvalue weighted by molar-refractivity contribution is -0.168. The zero-order chi connectivity index (χ0) is 17.1. The fourth-order valence-corrected chi connectivity index (χ4v) is 7.43. The van der Waals surface area contributed by atoms with E-state index in [4.69, 9.17) is 9.47 Å². The van der Waals surface area contributed by atoms with Gasteiger partial charge in [0.1, 0.15) is 11.7 Å². The number of hydrogen-bond donors (Lipinski definition) is 1. The standard InChI is InChI=1S/C20H30O4/c1-10(2)11-5-6-12-14-15-16(23-15)19(4)13(24-19)9-18(14,3)7-8-20(11,12)17(21)22/h10-16H,5-9H2,1-4H3,(H,21,22). The van der Waals surface area contributed by atoms with Gasteiger partial charge in [0.05, 0.1) is 17.6 Å². The Morgan fingerprint density at radius 3 is 2.62 bits per heavy atom. The zero-order valence-corrected chi connectivity index (χ0v) is 15.2. The van der Waals surface area contributed by atoms with Gasteiger partial charge in [-0.2, -0.15) is 0 Å². The van der Waals surface area contributed by atoms with Crippen LogP contribution in [0.3, 0.4) is 0 Å². The van der Waals surface area contributed by atoms with Gasteiger partial charge in [-0.25, -0.2) is 0 Å². The third kappa shape index (κ3) is 1.65. The largest absolute Gasteiger partial charge is 0.481 e. The summed E-state index contributed by atoms with van der Waals surface area (Å²) < 4.78 is 12.2. The van der Waals surface area contributed by atoms with Crippen LogP contribution in [0.5, 0.6) is 0 Å². The summed E-state index contributed by atoms with van der Waals surface area (Å²) in [6.45, 7) is 9.00. The Hall–Kier alpha value is -0.610. The Kier molecular flexibility index (Phi) is 2.85. The second kappa shape index (κ2) is 4.37. The third-order valence-electron chi connectivity index (χ3n) is 8.74. The number of ether oxygens (including phenoxy) is 2. The number of fused-ring (bicyclic) bond motifs is 7. The van der Waals surface area contributed by atoms with Gasteiger partial charge in [-0.15, -0.1) is 0 Å². The highest BCUT2D eigenvalue weighted by atomic mass is 16.7. The molecule has 3 saturated carbocycles. The summed E-state index contributed by atoms with van der Waals surface area (Å²) in [5.74, 6) is 0.874. The molecule has 9 unspecified atom stereocenters. The van der Waals surface area contributed by atoms with E-state index in [0.29, 0.717) is 23.9 Å². The molecule has 0 spiro atoms. The maximum absolute atomic E-state index is 12.5. The second-order valence-corrected chi connectivity index (χ2v) is 10.1. The van der Waals surface area contributed by atoms with Crippen molar-refractivity contribution >= 4 is 5.97 Å². The summed E-state index contributed by atoms with van der Waals surface area (Å²) in [4.78, 5) is 12.5. The van der Waals surface area contributed by atoms with E-state index in [9.17, 15) is 9.90 Å². The molecule has 0 aromatic rings. The number of carboxylic acid groups (broad SMARTS) is 1. The van der Waals surface area contributed by atoms with E-state index in [1.165, 1.54) is 0 Å². The summed E-state index contributed by atoms with van der Waals surface area (Å²) in [5, 5.41) is 10.3. The molecule has 5 aliphatic rings. The highest BCUT2D eigenvalue weighted by Crippen LogP contribution is 2.71. The van der Waals surface area contributed by atoms with E-state index in [0.717, 1.165) is 32.1 Å². The zero-order valence-electron chi connectivity index (χ0n) is 15.2. The minimum absolute atomic E-state index is 0.0903. The molecule has 0 aromatic carbocycles. The van der Waals surface area contributed by atoms with Crippen molar-refractivity contribution in [3.8, 4) is 0 Å². The molecule has 5 rings (SSSR count). The van der Waals surface area contributed by atoms with Gasteiger partial charge in [-0.05, 0) is 68.1 Å². The van der Waals surface area contributed by atoms with Gasteiger partial charge in [0, 0.05) is 0 Å². The second-order valence-electron chi connectivity index (χ2n) is 10.1. The number of epoxide rings is 2. The van der Waals surface area contributed by atoms with Gasteiger partial charge >= 0.3 is 5.97 Å². The molecule has 0 aromatic heterocycles. The van der Waals surface area contributed by atoms with E-state index in [1.807, 2.05) is 0 Å². The first-order valence-electron chi connectivity index (χ1n) is 9.81. The Balaban J connectivity index is 1.57. The Morgan fingerprint density at radius 2 is 1.96 bits per heavy atom. The molecule has 24 heavy (non-hydrogen) atoms. The van der Waals surface area contributed by atoms with Crippen LogP contribution >= 0.6 is 0 Å². The predicted octanol–water partition coefficient (Wildman–Crippen LogP) is 3.48. The van der Waals surface area contributed by atoms with Crippen molar-refractivity contribution in [3.05, 3.63) is 0 Å². The van der Waals surface area contributed by atoms with E-state index >= 15 is 0 Å². The van der Waals surface area contributed by atoms with Crippen LogP contribution in [0.25, 0.3) is 0 Å². The molecule has 2 heterocycles. The molecule has 3 aliphatic carbocycles. The summed E-state index contributed by atoms with van der Waals surface area (Å²) in [7, 11) is 0. The normalized spacial score (nSPS) is 60.5. The molecular formula is C20H30O4. The highest BCUT2D eigenvalue weighted by Gasteiger charge is 2.77. The molecule has 1 N–H and O–H groups in total. The van der Waals surface area contributed by atoms with Crippen LogP contribution in [0.1, 0.15) is 59.8 Å². The molecular weight excluding hydrogens is 304 g/mol. The smallest absolute Gasteiger partial charge is 0.310 e. The molecule has 9 atom stereocenters. The predicted molar refractivity (Wildman–Crippen MR) is 88.5 cm³/mol. The number of hydrogen-bond acceptors (Lipinski definition) is 3. The van der Waals surface area contributed by atoms with Gasteiger partial charge < -0.3 is 14.6 Å². The van der Waals surface area contributed by atoms with Gasteiger partial charge in [0.15, 0.2) is 0 Å². The van der Waals surface area contributed by atoms with E-state index in [1.54, 1.807) is 0 Å².